The Balaban J connectivity index is 1.63. The third-order valence-corrected chi connectivity index (χ3v) is 5.10. The first-order valence-electron chi connectivity index (χ1n) is 8.04. The molecule has 1 fully saturated rings. The molecule has 0 amide bonds. The van der Waals surface area contributed by atoms with Crippen molar-refractivity contribution in [3.8, 4) is 0 Å². The zero-order chi connectivity index (χ0) is 13.1. The van der Waals surface area contributed by atoms with Crippen molar-refractivity contribution in [3.05, 3.63) is 29.6 Å². The van der Waals surface area contributed by atoms with E-state index in [0.29, 0.717) is 12.0 Å². The molecule has 3 rings (SSSR count). The summed E-state index contributed by atoms with van der Waals surface area (Å²) in [5.74, 6) is 1.38. The maximum Gasteiger partial charge on any atom is 0.0482 e. The topological polar surface area (TPSA) is 38.9 Å². The predicted molar refractivity (Wildman–Crippen MR) is 79.1 cm³/mol. The van der Waals surface area contributed by atoms with Gasteiger partial charge in [-0.1, -0.05) is 44.6 Å². The predicted octanol–water partition coefficient (Wildman–Crippen LogP) is 3.80. The van der Waals surface area contributed by atoms with Crippen LogP contribution >= 0.6 is 0 Å². The third kappa shape index (κ3) is 3.00. The molecule has 0 aromatic carbocycles. The number of rotatable bonds is 3. The smallest absolute Gasteiger partial charge is 0.0482 e. The minimum absolute atomic E-state index is 0.319. The van der Waals surface area contributed by atoms with E-state index in [2.05, 4.69) is 17.1 Å². The number of aryl methyl sites for hydroxylation is 1. The summed E-state index contributed by atoms with van der Waals surface area (Å²) in [5.41, 5.74) is 9.26. The summed E-state index contributed by atoms with van der Waals surface area (Å²) in [6, 6.07) is 4.60. The number of fused-ring (bicyclic) bond motifs is 1. The van der Waals surface area contributed by atoms with Gasteiger partial charge in [0.2, 0.25) is 0 Å². The number of aromatic nitrogens is 1. The first-order valence-corrected chi connectivity index (χ1v) is 8.04. The van der Waals surface area contributed by atoms with Gasteiger partial charge in [0.05, 0.1) is 0 Å². The number of nitrogens with two attached hydrogens (primary N) is 1. The summed E-state index contributed by atoms with van der Waals surface area (Å²) in [6.07, 6.45) is 14.0. The van der Waals surface area contributed by atoms with Crippen molar-refractivity contribution in [2.45, 2.75) is 69.7 Å². The molecule has 2 N–H and O–H groups in total. The highest BCUT2D eigenvalue weighted by Crippen LogP contribution is 2.36. The Morgan fingerprint density at radius 2 is 1.95 bits per heavy atom. The second-order valence-corrected chi connectivity index (χ2v) is 6.45. The molecule has 0 spiro atoms. The number of pyridine rings is 1. The molecule has 2 unspecified atom stereocenters. The van der Waals surface area contributed by atoms with Gasteiger partial charge in [0.25, 0.3) is 0 Å². The Kier molecular flexibility index (Phi) is 4.17. The summed E-state index contributed by atoms with van der Waals surface area (Å²) in [5, 5.41) is 0. The summed E-state index contributed by atoms with van der Waals surface area (Å²) >= 11 is 0. The van der Waals surface area contributed by atoms with Gasteiger partial charge < -0.3 is 5.73 Å². The van der Waals surface area contributed by atoms with Crippen LogP contribution in [0.5, 0.6) is 0 Å². The van der Waals surface area contributed by atoms with Crippen molar-refractivity contribution in [2.75, 3.05) is 0 Å². The Hall–Kier alpha value is -0.890. The van der Waals surface area contributed by atoms with Crippen molar-refractivity contribution in [3.63, 3.8) is 0 Å². The van der Waals surface area contributed by atoms with Crippen molar-refractivity contribution < 1.29 is 0 Å². The van der Waals surface area contributed by atoms with Crippen LogP contribution in [0.15, 0.2) is 18.3 Å². The highest BCUT2D eigenvalue weighted by atomic mass is 14.8. The number of hydrogen-bond acceptors (Lipinski definition) is 2. The highest BCUT2D eigenvalue weighted by molar-refractivity contribution is 5.29. The third-order valence-electron chi connectivity index (χ3n) is 5.10. The summed E-state index contributed by atoms with van der Waals surface area (Å²) in [7, 11) is 0. The summed E-state index contributed by atoms with van der Waals surface area (Å²) < 4.78 is 0. The van der Waals surface area contributed by atoms with E-state index < -0.39 is 0 Å². The second kappa shape index (κ2) is 6.04. The fourth-order valence-corrected chi connectivity index (χ4v) is 4.01. The molecule has 1 aromatic rings. The van der Waals surface area contributed by atoms with Crippen molar-refractivity contribution in [1.82, 2.24) is 4.98 Å². The molecule has 0 bridgehead atoms. The normalized spacial score (nSPS) is 25.8. The lowest BCUT2D eigenvalue weighted by atomic mass is 9.86. The van der Waals surface area contributed by atoms with E-state index >= 15 is 0 Å². The van der Waals surface area contributed by atoms with E-state index in [1.165, 1.54) is 69.0 Å². The van der Waals surface area contributed by atoms with E-state index in [-0.39, 0.29) is 0 Å². The van der Waals surface area contributed by atoms with E-state index in [4.69, 9.17) is 5.73 Å². The fourth-order valence-electron chi connectivity index (χ4n) is 4.01. The van der Waals surface area contributed by atoms with Crippen LogP contribution < -0.4 is 5.73 Å². The maximum atomic E-state index is 6.54. The van der Waals surface area contributed by atoms with Crippen LogP contribution in [0.25, 0.3) is 0 Å². The van der Waals surface area contributed by atoms with Gasteiger partial charge in [-0.15, -0.1) is 0 Å². The summed E-state index contributed by atoms with van der Waals surface area (Å²) in [6.45, 7) is 0. The Morgan fingerprint density at radius 1 is 1.16 bits per heavy atom. The molecule has 0 aliphatic heterocycles. The molecule has 2 aliphatic rings. The van der Waals surface area contributed by atoms with Crippen LogP contribution in [0, 0.1) is 5.92 Å². The van der Waals surface area contributed by atoms with Gasteiger partial charge in [0, 0.05) is 23.9 Å². The zero-order valence-corrected chi connectivity index (χ0v) is 11.9. The van der Waals surface area contributed by atoms with Crippen molar-refractivity contribution >= 4 is 0 Å². The Labute approximate surface area is 116 Å². The molecule has 1 saturated carbocycles. The van der Waals surface area contributed by atoms with Crippen molar-refractivity contribution in [2.24, 2.45) is 11.7 Å². The lowest BCUT2D eigenvalue weighted by Gasteiger charge is -2.24. The lowest BCUT2D eigenvalue weighted by Crippen LogP contribution is -2.30. The van der Waals surface area contributed by atoms with Gasteiger partial charge in [0.1, 0.15) is 0 Å². The monoisotopic (exact) mass is 258 g/mol. The minimum atomic E-state index is 0.319. The molecule has 104 valence electrons. The number of hydrogen-bond donors (Lipinski definition) is 1. The minimum Gasteiger partial charge on any atom is -0.327 e. The van der Waals surface area contributed by atoms with Crippen LogP contribution in [0.3, 0.4) is 0 Å². The van der Waals surface area contributed by atoms with Crippen molar-refractivity contribution in [1.29, 1.82) is 0 Å². The Bertz CT molecular complexity index is 407. The molecular formula is C17H26N2. The Morgan fingerprint density at radius 3 is 2.74 bits per heavy atom. The molecule has 1 heterocycles. The van der Waals surface area contributed by atoms with Gasteiger partial charge >= 0.3 is 0 Å². The molecule has 1 aromatic heterocycles. The molecule has 2 nitrogen and oxygen atoms in total. The van der Waals surface area contributed by atoms with E-state index in [0.717, 1.165) is 5.92 Å². The molecular weight excluding hydrogens is 232 g/mol. The first kappa shape index (κ1) is 13.1. The van der Waals surface area contributed by atoms with Gasteiger partial charge in [-0.05, 0) is 36.8 Å². The molecule has 19 heavy (non-hydrogen) atoms. The van der Waals surface area contributed by atoms with Gasteiger partial charge in [-0.3, -0.25) is 4.98 Å². The largest absolute Gasteiger partial charge is 0.327 e. The number of nitrogens with zero attached hydrogens (tertiary/aromatic N) is 1. The average molecular weight is 258 g/mol. The van der Waals surface area contributed by atoms with Crippen LogP contribution in [-0.2, 0) is 6.42 Å². The molecule has 0 radical (unpaired) electrons. The molecule has 2 aliphatic carbocycles. The van der Waals surface area contributed by atoms with Crippen LogP contribution in [0.2, 0.25) is 0 Å². The van der Waals surface area contributed by atoms with Gasteiger partial charge in [0.15, 0.2) is 0 Å². The lowest BCUT2D eigenvalue weighted by molar-refractivity contribution is 0.356. The SMILES string of the molecule is NC(CC1CCCCCC1)C1CCc2cccnc21. The second-order valence-electron chi connectivity index (χ2n) is 6.45. The highest BCUT2D eigenvalue weighted by Gasteiger charge is 2.30. The summed E-state index contributed by atoms with van der Waals surface area (Å²) in [4.78, 5) is 4.59. The van der Waals surface area contributed by atoms with Gasteiger partial charge in [-0.25, -0.2) is 0 Å². The first-order chi connectivity index (χ1) is 9.34. The van der Waals surface area contributed by atoms with Crippen LogP contribution in [0.4, 0.5) is 0 Å². The van der Waals surface area contributed by atoms with Crippen LogP contribution in [-0.4, -0.2) is 11.0 Å². The van der Waals surface area contributed by atoms with Gasteiger partial charge in [-0.2, -0.15) is 0 Å². The molecule has 2 atom stereocenters. The average Bonchev–Trinajstić information content (AvgIpc) is 2.70. The van der Waals surface area contributed by atoms with E-state index in [9.17, 15) is 0 Å². The van der Waals surface area contributed by atoms with E-state index in [1.54, 1.807) is 0 Å². The molecule has 2 heteroatoms. The zero-order valence-electron chi connectivity index (χ0n) is 11.9. The molecule has 0 saturated heterocycles. The quantitative estimate of drug-likeness (QED) is 0.838. The van der Waals surface area contributed by atoms with E-state index in [1.807, 2.05) is 6.20 Å². The van der Waals surface area contributed by atoms with Crippen LogP contribution in [0.1, 0.15) is 68.5 Å². The standard InChI is InChI=1S/C17H26N2/c18-16(12-13-6-3-1-2-4-7-13)15-10-9-14-8-5-11-19-17(14)15/h5,8,11,13,15-16H,1-4,6-7,9-10,12,18H2. The maximum absolute atomic E-state index is 6.54. The fraction of sp³-hybridized carbons (Fsp3) is 0.706.